The van der Waals surface area contributed by atoms with Crippen LogP contribution >= 0.6 is 11.6 Å². The SMILES string of the molecule is [C-]#[N+]c1cc2c(c(-c3ccccc3Cl)c1)OC(CN)C2. The monoisotopic (exact) mass is 284 g/mol. The Morgan fingerprint density at radius 3 is 2.80 bits per heavy atom. The van der Waals surface area contributed by atoms with Crippen molar-refractivity contribution in [1.29, 1.82) is 0 Å². The number of ether oxygens (including phenoxy) is 1. The molecule has 1 aliphatic rings. The maximum atomic E-state index is 7.24. The summed E-state index contributed by atoms with van der Waals surface area (Å²) in [6.07, 6.45) is 0.722. The van der Waals surface area contributed by atoms with Crippen LogP contribution in [0.25, 0.3) is 16.0 Å². The van der Waals surface area contributed by atoms with Gasteiger partial charge in [-0.2, -0.15) is 0 Å². The van der Waals surface area contributed by atoms with Crippen molar-refractivity contribution in [3.63, 3.8) is 0 Å². The molecule has 3 nitrogen and oxygen atoms in total. The summed E-state index contributed by atoms with van der Waals surface area (Å²) in [4.78, 5) is 3.53. The van der Waals surface area contributed by atoms with Crippen LogP contribution in [0.5, 0.6) is 5.75 Å². The number of nitrogens with two attached hydrogens (primary N) is 1. The zero-order valence-corrected chi connectivity index (χ0v) is 11.5. The number of fused-ring (bicyclic) bond motifs is 1. The topological polar surface area (TPSA) is 39.6 Å². The second-order valence-electron chi connectivity index (χ2n) is 4.75. The van der Waals surface area contributed by atoms with E-state index in [1.165, 1.54) is 0 Å². The molecule has 2 aromatic rings. The van der Waals surface area contributed by atoms with Gasteiger partial charge in [-0.05, 0) is 23.8 Å². The minimum Gasteiger partial charge on any atom is -0.488 e. The van der Waals surface area contributed by atoms with E-state index in [-0.39, 0.29) is 6.10 Å². The Kier molecular flexibility index (Phi) is 3.35. The average Bonchev–Trinajstić information content (AvgIpc) is 2.90. The maximum Gasteiger partial charge on any atom is 0.188 e. The van der Waals surface area contributed by atoms with Gasteiger partial charge in [0.1, 0.15) is 11.9 Å². The van der Waals surface area contributed by atoms with Gasteiger partial charge in [-0.25, -0.2) is 4.85 Å². The van der Waals surface area contributed by atoms with E-state index in [9.17, 15) is 0 Å². The first-order chi connectivity index (χ1) is 9.72. The van der Waals surface area contributed by atoms with Gasteiger partial charge in [0.25, 0.3) is 0 Å². The van der Waals surface area contributed by atoms with E-state index >= 15 is 0 Å². The Labute approximate surface area is 122 Å². The highest BCUT2D eigenvalue weighted by Crippen LogP contribution is 2.43. The fourth-order valence-electron chi connectivity index (χ4n) is 2.49. The summed E-state index contributed by atoms with van der Waals surface area (Å²) in [5.41, 5.74) is 9.07. The first kappa shape index (κ1) is 13.0. The highest BCUT2D eigenvalue weighted by molar-refractivity contribution is 6.33. The molecule has 0 aliphatic carbocycles. The van der Waals surface area contributed by atoms with Crippen molar-refractivity contribution in [2.24, 2.45) is 5.73 Å². The van der Waals surface area contributed by atoms with Gasteiger partial charge in [-0.15, -0.1) is 0 Å². The Morgan fingerprint density at radius 2 is 2.10 bits per heavy atom. The molecule has 0 saturated carbocycles. The molecule has 20 heavy (non-hydrogen) atoms. The van der Waals surface area contributed by atoms with Crippen molar-refractivity contribution in [2.75, 3.05) is 6.54 Å². The van der Waals surface area contributed by atoms with E-state index in [1.54, 1.807) is 0 Å². The van der Waals surface area contributed by atoms with E-state index in [1.807, 2.05) is 36.4 Å². The van der Waals surface area contributed by atoms with Crippen LogP contribution in [0, 0.1) is 6.57 Å². The molecule has 4 heteroatoms. The number of nitrogens with zero attached hydrogens (tertiary/aromatic N) is 1. The first-order valence-electron chi connectivity index (χ1n) is 6.39. The molecule has 0 spiro atoms. The molecule has 0 aromatic heterocycles. The average molecular weight is 285 g/mol. The molecule has 2 aromatic carbocycles. The molecule has 1 unspecified atom stereocenters. The van der Waals surface area contributed by atoms with Gasteiger partial charge in [0.2, 0.25) is 0 Å². The van der Waals surface area contributed by atoms with Gasteiger partial charge < -0.3 is 10.5 Å². The quantitative estimate of drug-likeness (QED) is 0.852. The normalized spacial score (nSPS) is 16.4. The molecule has 0 saturated heterocycles. The zero-order chi connectivity index (χ0) is 14.1. The number of benzene rings is 2. The Balaban J connectivity index is 2.20. The molecule has 1 heterocycles. The van der Waals surface area contributed by atoms with Crippen molar-refractivity contribution in [2.45, 2.75) is 12.5 Å². The van der Waals surface area contributed by atoms with E-state index in [0.29, 0.717) is 17.3 Å². The minimum absolute atomic E-state index is 0.0211. The third-order valence-corrected chi connectivity index (χ3v) is 3.77. The smallest absolute Gasteiger partial charge is 0.188 e. The lowest BCUT2D eigenvalue weighted by Crippen LogP contribution is -2.24. The minimum atomic E-state index is -0.0211. The van der Waals surface area contributed by atoms with E-state index in [2.05, 4.69) is 4.85 Å². The van der Waals surface area contributed by atoms with Crippen molar-refractivity contribution in [3.8, 4) is 16.9 Å². The predicted octanol–water partition coefficient (Wildman–Crippen LogP) is 3.82. The highest BCUT2D eigenvalue weighted by atomic mass is 35.5. The van der Waals surface area contributed by atoms with Crippen LogP contribution in [-0.2, 0) is 6.42 Å². The van der Waals surface area contributed by atoms with Gasteiger partial charge in [0.15, 0.2) is 5.69 Å². The largest absolute Gasteiger partial charge is 0.488 e. The van der Waals surface area contributed by atoms with Crippen molar-refractivity contribution in [1.82, 2.24) is 0 Å². The van der Waals surface area contributed by atoms with Crippen LogP contribution in [-0.4, -0.2) is 12.6 Å². The van der Waals surface area contributed by atoms with Gasteiger partial charge in [-0.1, -0.05) is 29.8 Å². The van der Waals surface area contributed by atoms with Gasteiger partial charge >= 0.3 is 0 Å². The third-order valence-electron chi connectivity index (χ3n) is 3.44. The van der Waals surface area contributed by atoms with Crippen LogP contribution in [0.2, 0.25) is 5.02 Å². The lowest BCUT2D eigenvalue weighted by Gasteiger charge is -2.12. The van der Waals surface area contributed by atoms with Crippen molar-refractivity contribution in [3.05, 3.63) is 58.4 Å². The lowest BCUT2D eigenvalue weighted by atomic mass is 9.99. The second kappa shape index (κ2) is 5.16. The molecule has 0 radical (unpaired) electrons. The second-order valence-corrected chi connectivity index (χ2v) is 5.16. The van der Waals surface area contributed by atoms with Gasteiger partial charge in [0, 0.05) is 29.1 Å². The Morgan fingerprint density at radius 1 is 1.30 bits per heavy atom. The third kappa shape index (κ3) is 2.14. The molecule has 0 fully saturated rings. The van der Waals surface area contributed by atoms with Crippen LogP contribution in [0.1, 0.15) is 5.56 Å². The van der Waals surface area contributed by atoms with E-state index < -0.39 is 0 Å². The fraction of sp³-hybridized carbons (Fsp3) is 0.188. The van der Waals surface area contributed by atoms with Crippen LogP contribution < -0.4 is 10.5 Å². The van der Waals surface area contributed by atoms with Gasteiger partial charge in [-0.3, -0.25) is 0 Å². The fourth-order valence-corrected chi connectivity index (χ4v) is 2.73. The highest BCUT2D eigenvalue weighted by Gasteiger charge is 2.26. The molecular formula is C16H13ClN2O. The summed E-state index contributed by atoms with van der Waals surface area (Å²) in [6.45, 7) is 7.70. The molecule has 1 atom stereocenters. The van der Waals surface area contributed by atoms with Crippen molar-refractivity contribution < 1.29 is 4.74 Å². The molecule has 1 aliphatic heterocycles. The molecule has 3 rings (SSSR count). The maximum absolute atomic E-state index is 7.24. The van der Waals surface area contributed by atoms with E-state index in [0.717, 1.165) is 28.9 Å². The molecule has 0 bridgehead atoms. The van der Waals surface area contributed by atoms with Crippen LogP contribution in [0.3, 0.4) is 0 Å². The number of hydrogen-bond donors (Lipinski definition) is 1. The zero-order valence-electron chi connectivity index (χ0n) is 10.8. The van der Waals surface area contributed by atoms with Crippen LogP contribution in [0.4, 0.5) is 5.69 Å². The van der Waals surface area contributed by atoms with E-state index in [4.69, 9.17) is 28.6 Å². The lowest BCUT2D eigenvalue weighted by molar-refractivity contribution is 0.242. The molecule has 2 N–H and O–H groups in total. The predicted molar refractivity (Wildman–Crippen MR) is 80.3 cm³/mol. The van der Waals surface area contributed by atoms with Crippen molar-refractivity contribution >= 4 is 17.3 Å². The number of hydrogen-bond acceptors (Lipinski definition) is 2. The summed E-state index contributed by atoms with van der Waals surface area (Å²) in [6, 6.07) is 11.3. The Bertz CT molecular complexity index is 706. The number of halogens is 1. The van der Waals surface area contributed by atoms with Gasteiger partial charge in [0.05, 0.1) is 6.57 Å². The summed E-state index contributed by atoms with van der Waals surface area (Å²) in [7, 11) is 0. The summed E-state index contributed by atoms with van der Waals surface area (Å²) in [5, 5.41) is 0.650. The summed E-state index contributed by atoms with van der Waals surface area (Å²) < 4.78 is 5.91. The summed E-state index contributed by atoms with van der Waals surface area (Å²) >= 11 is 6.27. The molecular weight excluding hydrogens is 272 g/mol. The van der Waals surface area contributed by atoms with Crippen LogP contribution in [0.15, 0.2) is 36.4 Å². The molecule has 100 valence electrons. The number of rotatable bonds is 2. The standard InChI is InChI=1S/C16H13ClN2O/c1-19-11-6-10-7-12(9-18)20-16(10)14(8-11)13-4-2-3-5-15(13)17/h2-6,8,12H,7,9,18H2. The molecule has 0 amide bonds. The summed E-state index contributed by atoms with van der Waals surface area (Å²) in [5.74, 6) is 0.806. The first-order valence-corrected chi connectivity index (χ1v) is 6.76. The Hall–Kier alpha value is -2.02.